The number of para-hydroxylation sites is 2. The van der Waals surface area contributed by atoms with Crippen LogP contribution in [0.25, 0.3) is 49.4 Å². The highest BCUT2D eigenvalue weighted by molar-refractivity contribution is 6.11. The zero-order chi connectivity index (χ0) is 20.1. The number of aromatic nitrogens is 1. The van der Waals surface area contributed by atoms with E-state index in [1.807, 2.05) is 18.2 Å². The summed E-state index contributed by atoms with van der Waals surface area (Å²) in [6, 6.07) is 38.5. The first-order chi connectivity index (χ1) is 14.8. The van der Waals surface area contributed by atoms with E-state index in [4.69, 9.17) is 5.73 Å². The van der Waals surface area contributed by atoms with Gasteiger partial charge in [-0.05, 0) is 46.8 Å². The minimum atomic E-state index is 0.781. The van der Waals surface area contributed by atoms with Crippen molar-refractivity contribution >= 4 is 38.3 Å². The summed E-state index contributed by atoms with van der Waals surface area (Å²) < 4.78 is 2.39. The Labute approximate surface area is 174 Å². The van der Waals surface area contributed by atoms with Crippen LogP contribution in [0.5, 0.6) is 0 Å². The molecule has 0 spiro atoms. The molecule has 6 aromatic rings. The Balaban J connectivity index is 1.72. The molecule has 0 bridgehead atoms. The predicted octanol–water partition coefficient (Wildman–Crippen LogP) is 7.19. The van der Waals surface area contributed by atoms with Gasteiger partial charge in [-0.1, -0.05) is 78.9 Å². The van der Waals surface area contributed by atoms with Crippen LogP contribution < -0.4 is 5.73 Å². The molecule has 0 radical (unpaired) electrons. The van der Waals surface area contributed by atoms with E-state index < -0.39 is 0 Å². The van der Waals surface area contributed by atoms with Crippen LogP contribution in [0.4, 0.5) is 5.69 Å². The molecule has 6 rings (SSSR count). The minimum absolute atomic E-state index is 0.781. The second-order valence-corrected chi connectivity index (χ2v) is 7.67. The van der Waals surface area contributed by atoms with Gasteiger partial charge in [-0.25, -0.2) is 0 Å². The van der Waals surface area contributed by atoms with Crippen LogP contribution >= 0.6 is 0 Å². The average Bonchev–Trinajstić information content (AvgIpc) is 3.13. The molecule has 0 unspecified atom stereocenters. The number of nitrogen functional groups attached to an aromatic ring is 1. The van der Waals surface area contributed by atoms with Crippen LogP contribution in [-0.4, -0.2) is 4.57 Å². The van der Waals surface area contributed by atoms with Gasteiger partial charge >= 0.3 is 0 Å². The Bertz CT molecular complexity index is 1500. The van der Waals surface area contributed by atoms with E-state index >= 15 is 0 Å². The Morgan fingerprint density at radius 1 is 0.500 bits per heavy atom. The highest BCUT2D eigenvalue weighted by Gasteiger charge is 2.15. The lowest BCUT2D eigenvalue weighted by Gasteiger charge is -2.15. The van der Waals surface area contributed by atoms with Crippen molar-refractivity contribution in [1.29, 1.82) is 0 Å². The maximum atomic E-state index is 6.07. The summed E-state index contributed by atoms with van der Waals surface area (Å²) in [6.45, 7) is 0. The van der Waals surface area contributed by atoms with Crippen molar-refractivity contribution in [2.75, 3.05) is 5.73 Å². The lowest BCUT2D eigenvalue weighted by atomic mass is 9.96. The standard InChI is InChI=1S/C28H20N2/c29-20-9-7-8-19(18-20)21-16-17-28(23-11-2-1-10-22(21)23)30-26-14-5-3-12-24(26)25-13-4-6-15-27(25)30/h1-18H,29H2. The van der Waals surface area contributed by atoms with E-state index in [0.29, 0.717) is 0 Å². The largest absolute Gasteiger partial charge is 0.399 e. The Hall–Kier alpha value is -4.04. The quantitative estimate of drug-likeness (QED) is 0.315. The smallest absolute Gasteiger partial charge is 0.0541 e. The van der Waals surface area contributed by atoms with Gasteiger partial charge in [0, 0.05) is 21.8 Å². The molecule has 0 fully saturated rings. The van der Waals surface area contributed by atoms with Crippen LogP contribution in [-0.2, 0) is 0 Å². The third kappa shape index (κ3) is 2.44. The van der Waals surface area contributed by atoms with E-state index in [-0.39, 0.29) is 0 Å². The molecule has 1 aromatic heterocycles. The van der Waals surface area contributed by atoms with Gasteiger partial charge in [-0.3, -0.25) is 0 Å². The fourth-order valence-electron chi connectivity index (χ4n) is 4.62. The predicted molar refractivity (Wildman–Crippen MR) is 128 cm³/mol. The molecule has 2 nitrogen and oxygen atoms in total. The van der Waals surface area contributed by atoms with E-state index in [1.165, 1.54) is 43.8 Å². The van der Waals surface area contributed by atoms with Crippen LogP contribution in [0.2, 0.25) is 0 Å². The molecule has 0 aliphatic rings. The number of hydrogen-bond donors (Lipinski definition) is 1. The summed E-state index contributed by atoms with van der Waals surface area (Å²) >= 11 is 0. The number of benzene rings is 5. The Kier molecular flexibility index (Phi) is 3.65. The number of hydrogen-bond acceptors (Lipinski definition) is 1. The van der Waals surface area contributed by atoms with E-state index in [2.05, 4.69) is 95.6 Å². The van der Waals surface area contributed by atoms with E-state index in [9.17, 15) is 0 Å². The third-order valence-corrected chi connectivity index (χ3v) is 5.92. The van der Waals surface area contributed by atoms with Crippen molar-refractivity contribution in [1.82, 2.24) is 4.57 Å². The molecule has 0 atom stereocenters. The van der Waals surface area contributed by atoms with Crippen LogP contribution in [0.1, 0.15) is 0 Å². The first-order valence-electron chi connectivity index (χ1n) is 10.2. The third-order valence-electron chi connectivity index (χ3n) is 5.92. The zero-order valence-corrected chi connectivity index (χ0v) is 16.4. The lowest BCUT2D eigenvalue weighted by Crippen LogP contribution is -1.96. The van der Waals surface area contributed by atoms with Crippen LogP contribution in [0, 0.1) is 0 Å². The summed E-state index contributed by atoms with van der Waals surface area (Å²) in [5.74, 6) is 0. The van der Waals surface area contributed by atoms with Gasteiger partial charge in [-0.15, -0.1) is 0 Å². The summed E-state index contributed by atoms with van der Waals surface area (Å²) in [5.41, 5.74) is 12.8. The van der Waals surface area contributed by atoms with Gasteiger partial charge in [0.05, 0.1) is 16.7 Å². The highest BCUT2D eigenvalue weighted by atomic mass is 15.0. The highest BCUT2D eigenvalue weighted by Crippen LogP contribution is 2.37. The molecule has 2 heteroatoms. The number of nitrogens with two attached hydrogens (primary N) is 1. The SMILES string of the molecule is Nc1cccc(-c2ccc(-n3c4ccccc4c4ccccc43)c3ccccc23)c1. The van der Waals surface area contributed by atoms with Crippen molar-refractivity contribution < 1.29 is 0 Å². The van der Waals surface area contributed by atoms with Crippen molar-refractivity contribution in [2.45, 2.75) is 0 Å². The van der Waals surface area contributed by atoms with Gasteiger partial charge in [0.15, 0.2) is 0 Å². The topological polar surface area (TPSA) is 30.9 Å². The molecule has 0 aliphatic carbocycles. The van der Waals surface area contributed by atoms with Crippen molar-refractivity contribution in [3.8, 4) is 16.8 Å². The second-order valence-electron chi connectivity index (χ2n) is 7.67. The zero-order valence-electron chi connectivity index (χ0n) is 16.4. The van der Waals surface area contributed by atoms with Gasteiger partial charge in [0.25, 0.3) is 0 Å². The molecule has 0 amide bonds. The number of fused-ring (bicyclic) bond motifs is 4. The molecule has 1 heterocycles. The Morgan fingerprint density at radius 3 is 1.77 bits per heavy atom. The normalized spacial score (nSPS) is 11.5. The maximum absolute atomic E-state index is 6.07. The minimum Gasteiger partial charge on any atom is -0.399 e. The molecule has 5 aromatic carbocycles. The number of nitrogens with zero attached hydrogens (tertiary/aromatic N) is 1. The molecule has 30 heavy (non-hydrogen) atoms. The van der Waals surface area contributed by atoms with E-state index in [1.54, 1.807) is 0 Å². The first kappa shape index (κ1) is 16.9. The van der Waals surface area contributed by atoms with Gasteiger partial charge < -0.3 is 10.3 Å². The van der Waals surface area contributed by atoms with E-state index in [0.717, 1.165) is 11.3 Å². The van der Waals surface area contributed by atoms with Gasteiger partial charge in [-0.2, -0.15) is 0 Å². The molecule has 142 valence electrons. The molecule has 0 saturated carbocycles. The van der Waals surface area contributed by atoms with Crippen LogP contribution in [0.15, 0.2) is 109 Å². The van der Waals surface area contributed by atoms with Crippen LogP contribution in [0.3, 0.4) is 0 Å². The Morgan fingerprint density at radius 2 is 1.10 bits per heavy atom. The first-order valence-corrected chi connectivity index (χ1v) is 10.2. The second kappa shape index (κ2) is 6.50. The number of rotatable bonds is 2. The van der Waals surface area contributed by atoms with Crippen molar-refractivity contribution in [3.05, 3.63) is 109 Å². The lowest BCUT2D eigenvalue weighted by molar-refractivity contribution is 1.20. The molecule has 0 aliphatic heterocycles. The molecule has 2 N–H and O–H groups in total. The summed E-state index contributed by atoms with van der Waals surface area (Å²) in [6.07, 6.45) is 0. The van der Waals surface area contributed by atoms with Crippen molar-refractivity contribution in [2.24, 2.45) is 0 Å². The summed E-state index contributed by atoms with van der Waals surface area (Å²) in [4.78, 5) is 0. The van der Waals surface area contributed by atoms with Crippen molar-refractivity contribution in [3.63, 3.8) is 0 Å². The summed E-state index contributed by atoms with van der Waals surface area (Å²) in [7, 11) is 0. The average molecular weight is 384 g/mol. The van der Waals surface area contributed by atoms with Gasteiger partial charge in [0.1, 0.15) is 0 Å². The molecule has 0 saturated heterocycles. The fraction of sp³-hybridized carbons (Fsp3) is 0. The fourth-order valence-corrected chi connectivity index (χ4v) is 4.62. The molecular weight excluding hydrogens is 364 g/mol. The maximum Gasteiger partial charge on any atom is 0.0541 e. The molecular formula is C28H20N2. The number of anilines is 1. The summed E-state index contributed by atoms with van der Waals surface area (Å²) in [5, 5.41) is 5.00. The monoisotopic (exact) mass is 384 g/mol. The van der Waals surface area contributed by atoms with Gasteiger partial charge in [0.2, 0.25) is 0 Å².